The van der Waals surface area contributed by atoms with Crippen molar-refractivity contribution >= 4 is 6.09 Å². The number of rotatable bonds is 3. The lowest BCUT2D eigenvalue weighted by Gasteiger charge is -2.19. The summed E-state index contributed by atoms with van der Waals surface area (Å²) in [7, 11) is 0. The minimum atomic E-state index is -0.689. The smallest absolute Gasteiger partial charge is 0.409 e. The summed E-state index contributed by atoms with van der Waals surface area (Å²) in [5, 5.41) is 19.1. The van der Waals surface area contributed by atoms with E-state index in [2.05, 4.69) is 24.3 Å². The fourth-order valence-electron chi connectivity index (χ4n) is 3.87. The Balaban J connectivity index is 1.49. The van der Waals surface area contributed by atoms with Crippen molar-refractivity contribution in [2.45, 2.75) is 12.0 Å². The molecule has 2 atom stereocenters. The molecule has 2 aliphatic rings. The predicted molar refractivity (Wildman–Crippen MR) is 93.2 cm³/mol. The Morgan fingerprint density at radius 1 is 1.04 bits per heavy atom. The molecule has 0 aromatic heterocycles. The number of ether oxygens (including phenoxy) is 1. The molecule has 0 radical (unpaired) electrons. The molecular weight excluding hydrogens is 318 g/mol. The number of nitrogens with zero attached hydrogens (tertiary/aromatic N) is 1. The van der Waals surface area contributed by atoms with E-state index in [0.29, 0.717) is 6.54 Å². The molecule has 25 heavy (non-hydrogen) atoms. The van der Waals surface area contributed by atoms with Gasteiger partial charge in [0, 0.05) is 18.4 Å². The molecule has 1 aliphatic carbocycles. The summed E-state index contributed by atoms with van der Waals surface area (Å²) < 4.78 is 5.56. The second-order valence-electron chi connectivity index (χ2n) is 6.72. The van der Waals surface area contributed by atoms with Crippen molar-refractivity contribution in [2.24, 2.45) is 5.92 Å². The average molecular weight is 339 g/mol. The lowest BCUT2D eigenvalue weighted by Crippen LogP contribution is -2.31. The number of fused-ring (bicyclic) bond motifs is 3. The van der Waals surface area contributed by atoms with E-state index in [1.54, 1.807) is 0 Å². The summed E-state index contributed by atoms with van der Waals surface area (Å²) in [5.74, 6) is -0.266. The van der Waals surface area contributed by atoms with Gasteiger partial charge in [0.2, 0.25) is 0 Å². The second-order valence-corrected chi connectivity index (χ2v) is 6.72. The molecular formula is C20H21NO4. The van der Waals surface area contributed by atoms with Gasteiger partial charge >= 0.3 is 6.09 Å². The SMILES string of the molecule is O=C(OCC1c2ccccc2-c2ccccc21)N1C[C@@H](CO)[C@H](O)C1. The van der Waals surface area contributed by atoms with E-state index in [0.717, 1.165) is 0 Å². The molecule has 0 bridgehead atoms. The minimum Gasteiger partial charge on any atom is -0.448 e. The highest BCUT2D eigenvalue weighted by Crippen LogP contribution is 2.44. The fourth-order valence-corrected chi connectivity index (χ4v) is 3.87. The van der Waals surface area contributed by atoms with Gasteiger partial charge in [0.05, 0.1) is 19.3 Å². The molecule has 0 spiro atoms. The largest absolute Gasteiger partial charge is 0.448 e. The number of benzene rings is 2. The average Bonchev–Trinajstić information content (AvgIpc) is 3.18. The molecule has 2 N–H and O–H groups in total. The lowest BCUT2D eigenvalue weighted by atomic mass is 9.98. The van der Waals surface area contributed by atoms with Crippen LogP contribution in [-0.2, 0) is 4.74 Å². The van der Waals surface area contributed by atoms with Crippen molar-refractivity contribution in [1.29, 1.82) is 0 Å². The zero-order chi connectivity index (χ0) is 17.4. The molecule has 4 rings (SSSR count). The third kappa shape index (κ3) is 2.79. The van der Waals surface area contributed by atoms with Crippen molar-refractivity contribution < 1.29 is 19.7 Å². The number of hydrogen-bond acceptors (Lipinski definition) is 4. The molecule has 2 aromatic rings. The van der Waals surface area contributed by atoms with E-state index in [1.165, 1.54) is 27.2 Å². The van der Waals surface area contributed by atoms with Crippen molar-refractivity contribution in [1.82, 2.24) is 4.90 Å². The van der Waals surface area contributed by atoms with E-state index < -0.39 is 12.2 Å². The Morgan fingerprint density at radius 3 is 2.20 bits per heavy atom. The first-order chi connectivity index (χ1) is 12.2. The lowest BCUT2D eigenvalue weighted by molar-refractivity contribution is 0.0960. The third-order valence-corrected chi connectivity index (χ3v) is 5.24. The fraction of sp³-hybridized carbons (Fsp3) is 0.350. The number of carbonyl (C=O) groups is 1. The molecule has 1 heterocycles. The van der Waals surface area contributed by atoms with Crippen LogP contribution in [0, 0.1) is 5.92 Å². The van der Waals surface area contributed by atoms with Gasteiger partial charge in [0.25, 0.3) is 0 Å². The third-order valence-electron chi connectivity index (χ3n) is 5.24. The monoisotopic (exact) mass is 339 g/mol. The van der Waals surface area contributed by atoms with Crippen LogP contribution in [0.15, 0.2) is 48.5 Å². The number of likely N-dealkylation sites (tertiary alicyclic amines) is 1. The number of carbonyl (C=O) groups excluding carboxylic acids is 1. The van der Waals surface area contributed by atoms with Gasteiger partial charge in [-0.15, -0.1) is 0 Å². The molecule has 2 aromatic carbocycles. The Labute approximate surface area is 146 Å². The van der Waals surface area contributed by atoms with Crippen molar-refractivity contribution in [3.63, 3.8) is 0 Å². The molecule has 0 saturated carbocycles. The summed E-state index contributed by atoms with van der Waals surface area (Å²) in [6.45, 7) is 0.674. The van der Waals surface area contributed by atoms with Crippen LogP contribution < -0.4 is 0 Å². The van der Waals surface area contributed by atoms with Crippen molar-refractivity contribution in [3.05, 3.63) is 59.7 Å². The number of β-amino-alcohol motifs (C(OH)–C–C–N with tert-alkyl or cyclic N) is 1. The van der Waals surface area contributed by atoms with E-state index in [1.807, 2.05) is 24.3 Å². The standard InChI is InChI=1S/C20H21NO4/c22-11-13-9-21(10-19(13)23)20(24)25-12-18-16-7-3-1-5-14(16)15-6-2-4-8-17(15)18/h1-8,13,18-19,22-23H,9-12H2/t13-,19+/m0/s1. The number of aliphatic hydroxyl groups is 2. The highest BCUT2D eigenvalue weighted by atomic mass is 16.6. The van der Waals surface area contributed by atoms with Crippen molar-refractivity contribution in [3.8, 4) is 11.1 Å². The van der Waals surface area contributed by atoms with E-state index in [4.69, 9.17) is 4.74 Å². The van der Waals surface area contributed by atoms with E-state index in [9.17, 15) is 15.0 Å². The summed E-state index contributed by atoms with van der Waals surface area (Å²) in [5.41, 5.74) is 4.73. The van der Waals surface area contributed by atoms with Gasteiger partial charge in [-0.05, 0) is 22.3 Å². The van der Waals surface area contributed by atoms with E-state index >= 15 is 0 Å². The van der Waals surface area contributed by atoms with E-state index in [-0.39, 0.29) is 31.6 Å². The van der Waals surface area contributed by atoms with Gasteiger partial charge in [0.1, 0.15) is 6.61 Å². The first kappa shape index (κ1) is 16.1. The maximum absolute atomic E-state index is 12.3. The summed E-state index contributed by atoms with van der Waals surface area (Å²) >= 11 is 0. The molecule has 1 saturated heterocycles. The van der Waals surface area contributed by atoms with Crippen LogP contribution in [0.1, 0.15) is 17.0 Å². The summed E-state index contributed by atoms with van der Waals surface area (Å²) in [6, 6.07) is 16.4. The number of amides is 1. The Kier molecular flexibility index (Phi) is 4.19. The minimum absolute atomic E-state index is 0.0255. The van der Waals surface area contributed by atoms with Crippen LogP contribution in [0.25, 0.3) is 11.1 Å². The first-order valence-corrected chi connectivity index (χ1v) is 8.58. The predicted octanol–water partition coefficient (Wildman–Crippen LogP) is 2.22. The topological polar surface area (TPSA) is 70.0 Å². The van der Waals surface area contributed by atoms with Gasteiger partial charge in [-0.2, -0.15) is 0 Å². The van der Waals surface area contributed by atoms with Crippen LogP contribution in [-0.4, -0.2) is 53.6 Å². The summed E-state index contributed by atoms with van der Waals surface area (Å²) in [6.07, 6.45) is -1.12. The zero-order valence-electron chi connectivity index (χ0n) is 13.8. The van der Waals surface area contributed by atoms with Crippen LogP contribution in [0.4, 0.5) is 4.79 Å². The van der Waals surface area contributed by atoms with Gasteiger partial charge in [-0.3, -0.25) is 0 Å². The molecule has 5 nitrogen and oxygen atoms in total. The first-order valence-electron chi connectivity index (χ1n) is 8.58. The molecule has 1 aliphatic heterocycles. The van der Waals surface area contributed by atoms with Crippen LogP contribution in [0.2, 0.25) is 0 Å². The van der Waals surface area contributed by atoms with Gasteiger partial charge in [-0.25, -0.2) is 4.79 Å². The molecule has 130 valence electrons. The number of aliphatic hydroxyl groups excluding tert-OH is 2. The van der Waals surface area contributed by atoms with Crippen molar-refractivity contribution in [2.75, 3.05) is 26.3 Å². The molecule has 1 fully saturated rings. The highest BCUT2D eigenvalue weighted by molar-refractivity contribution is 5.79. The summed E-state index contributed by atoms with van der Waals surface area (Å²) in [4.78, 5) is 13.8. The van der Waals surface area contributed by atoms with Gasteiger partial charge < -0.3 is 19.8 Å². The van der Waals surface area contributed by atoms with Crippen LogP contribution >= 0.6 is 0 Å². The molecule has 5 heteroatoms. The van der Waals surface area contributed by atoms with Crippen LogP contribution in [0.3, 0.4) is 0 Å². The Hall–Kier alpha value is -2.37. The maximum atomic E-state index is 12.3. The Morgan fingerprint density at radius 2 is 1.64 bits per heavy atom. The maximum Gasteiger partial charge on any atom is 0.409 e. The molecule has 1 amide bonds. The van der Waals surface area contributed by atoms with Crippen LogP contribution in [0.5, 0.6) is 0 Å². The molecule has 0 unspecified atom stereocenters. The quantitative estimate of drug-likeness (QED) is 0.900. The highest BCUT2D eigenvalue weighted by Gasteiger charge is 2.35. The van der Waals surface area contributed by atoms with Gasteiger partial charge in [0.15, 0.2) is 0 Å². The second kappa shape index (κ2) is 6.50. The zero-order valence-corrected chi connectivity index (χ0v) is 13.8. The normalized spacial score (nSPS) is 21.9. The number of hydrogen-bond donors (Lipinski definition) is 2. The van der Waals surface area contributed by atoms with Gasteiger partial charge in [-0.1, -0.05) is 48.5 Å². The Bertz CT molecular complexity index is 745.